The molecule has 0 saturated carbocycles. The Morgan fingerprint density at radius 3 is 1.81 bits per heavy atom. The Balaban J connectivity index is 0.000000531. The molecule has 1 atom stereocenters. The van der Waals surface area contributed by atoms with E-state index in [2.05, 4.69) is 77.7 Å². The molecule has 0 amide bonds. The summed E-state index contributed by atoms with van der Waals surface area (Å²) in [7, 11) is 5.00. The van der Waals surface area contributed by atoms with Gasteiger partial charge in [-0.2, -0.15) is 0 Å². The van der Waals surface area contributed by atoms with Gasteiger partial charge in [0.15, 0.2) is 11.5 Å². The topological polar surface area (TPSA) is 106 Å². The van der Waals surface area contributed by atoms with Gasteiger partial charge >= 0.3 is 11.9 Å². The minimum absolute atomic E-state index is 0.411. The van der Waals surface area contributed by atoms with Crippen molar-refractivity contribution in [2.75, 3.05) is 34.4 Å². The third kappa shape index (κ3) is 9.66. The van der Waals surface area contributed by atoms with Crippen LogP contribution in [0.3, 0.4) is 0 Å². The van der Waals surface area contributed by atoms with Crippen molar-refractivity contribution in [3.05, 3.63) is 102 Å². The van der Waals surface area contributed by atoms with Crippen molar-refractivity contribution in [2.45, 2.75) is 44.1 Å². The van der Waals surface area contributed by atoms with E-state index in [0.717, 1.165) is 37.4 Å². The zero-order valence-electron chi connectivity index (χ0n) is 24.6. The first-order valence-corrected chi connectivity index (χ1v) is 14.1. The van der Waals surface area contributed by atoms with Crippen LogP contribution in [0, 0.1) is 0 Å². The third-order valence-corrected chi connectivity index (χ3v) is 7.44. The number of benzene rings is 3. The van der Waals surface area contributed by atoms with Crippen LogP contribution < -0.4 is 14.2 Å². The molecule has 0 bridgehead atoms. The van der Waals surface area contributed by atoms with Gasteiger partial charge in [-0.1, -0.05) is 67.1 Å². The largest absolute Gasteiger partial charge is 0.493 e. The van der Waals surface area contributed by atoms with Gasteiger partial charge in [0.25, 0.3) is 0 Å². The summed E-state index contributed by atoms with van der Waals surface area (Å²) in [6.07, 6.45) is 7.04. The first kappa shape index (κ1) is 32.2. The Kier molecular flexibility index (Phi) is 12.9. The van der Waals surface area contributed by atoms with Gasteiger partial charge in [0.2, 0.25) is 5.75 Å². The Morgan fingerprint density at radius 2 is 1.36 bits per heavy atom. The normalized spacial score (nSPS) is 15.1. The zero-order chi connectivity index (χ0) is 30.3. The fraction of sp³-hybridized carbons (Fsp3) is 0.353. The molecule has 3 aromatic carbocycles. The minimum Gasteiger partial charge on any atom is -0.493 e. The van der Waals surface area contributed by atoms with Crippen molar-refractivity contribution in [1.29, 1.82) is 0 Å². The minimum atomic E-state index is -1.26. The number of methoxy groups -OCH3 is 3. The molecule has 2 N–H and O–H groups in total. The lowest BCUT2D eigenvalue weighted by Crippen LogP contribution is -2.41. The summed E-state index contributed by atoms with van der Waals surface area (Å²) in [6, 6.07) is 26.7. The van der Waals surface area contributed by atoms with Crippen LogP contribution in [0.2, 0.25) is 0 Å². The fourth-order valence-electron chi connectivity index (χ4n) is 5.42. The second kappa shape index (κ2) is 16.8. The highest BCUT2D eigenvalue weighted by Gasteiger charge is 2.27. The summed E-state index contributed by atoms with van der Waals surface area (Å²) in [5.41, 5.74) is 4.02. The number of nitrogens with zero attached hydrogens (tertiary/aromatic N) is 1. The number of hydrogen-bond donors (Lipinski definition) is 2. The van der Waals surface area contributed by atoms with Crippen LogP contribution in [0.4, 0.5) is 0 Å². The molecule has 3 aromatic rings. The summed E-state index contributed by atoms with van der Waals surface area (Å²) in [5.74, 6) is -0.00679. The molecule has 0 aromatic heterocycles. The van der Waals surface area contributed by atoms with Crippen molar-refractivity contribution in [3.63, 3.8) is 0 Å². The Bertz CT molecular complexity index is 1210. The number of rotatable bonds is 12. The van der Waals surface area contributed by atoms with Gasteiger partial charge in [-0.25, -0.2) is 9.59 Å². The van der Waals surface area contributed by atoms with Gasteiger partial charge in [-0.05, 0) is 61.1 Å². The molecule has 1 unspecified atom stereocenters. The van der Waals surface area contributed by atoms with E-state index in [-0.39, 0.29) is 0 Å². The van der Waals surface area contributed by atoms with Gasteiger partial charge in [-0.15, -0.1) is 0 Å². The van der Waals surface area contributed by atoms with Crippen molar-refractivity contribution in [2.24, 2.45) is 0 Å². The molecule has 1 fully saturated rings. The number of hydrogen-bond acceptors (Lipinski definition) is 6. The molecule has 42 heavy (non-hydrogen) atoms. The fourth-order valence-corrected chi connectivity index (χ4v) is 5.42. The molecule has 4 rings (SSSR count). The first-order chi connectivity index (χ1) is 20.4. The zero-order valence-corrected chi connectivity index (χ0v) is 24.6. The average molecular weight is 576 g/mol. The molecule has 224 valence electrons. The van der Waals surface area contributed by atoms with E-state index in [9.17, 15) is 9.59 Å². The summed E-state index contributed by atoms with van der Waals surface area (Å²) in [4.78, 5) is 21.8. The van der Waals surface area contributed by atoms with Crippen LogP contribution in [-0.4, -0.2) is 67.5 Å². The molecule has 1 aliphatic rings. The number of ether oxygens (including phenoxy) is 3. The molecule has 8 nitrogen and oxygen atoms in total. The number of piperidine rings is 1. The highest BCUT2D eigenvalue weighted by atomic mass is 16.5. The number of aliphatic carboxylic acids is 2. The summed E-state index contributed by atoms with van der Waals surface area (Å²) in [6.45, 7) is 2.19. The van der Waals surface area contributed by atoms with E-state index in [1.165, 1.54) is 36.0 Å². The van der Waals surface area contributed by atoms with E-state index < -0.39 is 11.9 Å². The molecule has 0 spiro atoms. The van der Waals surface area contributed by atoms with Crippen molar-refractivity contribution in [3.8, 4) is 17.2 Å². The van der Waals surface area contributed by atoms with Crippen LogP contribution in [0.15, 0.2) is 84.9 Å². The highest BCUT2D eigenvalue weighted by Crippen LogP contribution is 2.39. The Labute approximate surface area is 248 Å². The maximum atomic E-state index is 9.55. The van der Waals surface area contributed by atoms with Crippen molar-refractivity contribution < 1.29 is 34.0 Å². The van der Waals surface area contributed by atoms with E-state index >= 15 is 0 Å². The monoisotopic (exact) mass is 575 g/mol. The molecule has 1 aliphatic heterocycles. The van der Waals surface area contributed by atoms with Crippen LogP contribution >= 0.6 is 0 Å². The lowest BCUT2D eigenvalue weighted by Gasteiger charge is -2.38. The van der Waals surface area contributed by atoms with Crippen LogP contribution in [0.5, 0.6) is 17.2 Å². The number of carboxylic acid groups (broad SMARTS) is 2. The van der Waals surface area contributed by atoms with Gasteiger partial charge < -0.3 is 29.3 Å². The first-order valence-electron chi connectivity index (χ1n) is 14.1. The van der Waals surface area contributed by atoms with Crippen LogP contribution in [0.1, 0.15) is 48.3 Å². The predicted molar refractivity (Wildman–Crippen MR) is 163 cm³/mol. The van der Waals surface area contributed by atoms with Gasteiger partial charge in [0, 0.05) is 30.7 Å². The molecule has 8 heteroatoms. The van der Waals surface area contributed by atoms with E-state index in [1.807, 2.05) is 0 Å². The number of carboxylic acids is 2. The van der Waals surface area contributed by atoms with Crippen molar-refractivity contribution >= 4 is 11.9 Å². The number of likely N-dealkylation sites (tertiary alicyclic amines) is 1. The standard InChI is InChI=1S/C30H37NO3.C4H4O4/c1-32-28-20-23(21-29(33-2)30(28)34-3)17-19-31-18-11-10-16-26(31)22-27(24-12-6-4-7-13-24)25-14-8-5-9-15-25;5-3(6)1-2-4(7)8/h4-9,12-15,20-21,26-27H,10-11,16-19,22H2,1-3H3;1-2H,(H,5,6)(H,7,8). The molecule has 1 heterocycles. The lowest BCUT2D eigenvalue weighted by atomic mass is 9.83. The third-order valence-electron chi connectivity index (χ3n) is 7.44. The molecular weight excluding hydrogens is 534 g/mol. The van der Waals surface area contributed by atoms with Crippen molar-refractivity contribution in [1.82, 2.24) is 4.90 Å². The molecule has 0 aliphatic carbocycles. The maximum absolute atomic E-state index is 9.55. The predicted octanol–water partition coefficient (Wildman–Crippen LogP) is 6.04. The quantitative estimate of drug-likeness (QED) is 0.252. The lowest BCUT2D eigenvalue weighted by molar-refractivity contribution is -0.134. The van der Waals surface area contributed by atoms with Gasteiger partial charge in [0.05, 0.1) is 21.3 Å². The smallest absolute Gasteiger partial charge is 0.328 e. The summed E-state index contributed by atoms with van der Waals surface area (Å²) in [5, 5.41) is 15.6. The summed E-state index contributed by atoms with van der Waals surface area (Å²) < 4.78 is 16.6. The van der Waals surface area contributed by atoms with E-state index in [1.54, 1.807) is 21.3 Å². The Morgan fingerprint density at radius 1 is 0.833 bits per heavy atom. The Hall–Kier alpha value is -4.30. The number of carbonyl (C=O) groups is 2. The molecule has 1 saturated heterocycles. The summed E-state index contributed by atoms with van der Waals surface area (Å²) >= 11 is 0. The SMILES string of the molecule is COc1cc(CCN2CCCCC2CC(c2ccccc2)c2ccccc2)cc(OC)c1OC.O=C(O)C=CC(=O)O. The molecule has 0 radical (unpaired) electrons. The van der Waals surface area contributed by atoms with Crippen LogP contribution in [0.25, 0.3) is 0 Å². The average Bonchev–Trinajstić information content (AvgIpc) is 3.02. The van der Waals surface area contributed by atoms with E-state index in [4.69, 9.17) is 24.4 Å². The highest BCUT2D eigenvalue weighted by molar-refractivity contribution is 5.89. The van der Waals surface area contributed by atoms with E-state index in [0.29, 0.717) is 29.9 Å². The van der Waals surface area contributed by atoms with Gasteiger partial charge in [0.1, 0.15) is 0 Å². The second-order valence-corrected chi connectivity index (χ2v) is 10.1. The maximum Gasteiger partial charge on any atom is 0.328 e. The molecular formula is C34H41NO7. The second-order valence-electron chi connectivity index (χ2n) is 10.1. The van der Waals surface area contributed by atoms with Gasteiger partial charge in [-0.3, -0.25) is 0 Å². The van der Waals surface area contributed by atoms with Crippen LogP contribution in [-0.2, 0) is 16.0 Å².